The van der Waals surface area contributed by atoms with E-state index < -0.39 is 0 Å². The van der Waals surface area contributed by atoms with Gasteiger partial charge in [0.1, 0.15) is 5.78 Å². The van der Waals surface area contributed by atoms with Crippen LogP contribution in [-0.2, 0) is 4.79 Å². The number of unbranched alkanes of at least 4 members (excludes halogenated alkanes) is 1. The van der Waals surface area contributed by atoms with Crippen LogP contribution in [0.15, 0.2) is 0 Å². The lowest BCUT2D eigenvalue weighted by Gasteiger charge is -2.40. The summed E-state index contributed by atoms with van der Waals surface area (Å²) in [4.78, 5) is 12.1. The first-order chi connectivity index (χ1) is 6.79. The van der Waals surface area contributed by atoms with Gasteiger partial charge in [-0.05, 0) is 18.3 Å². The normalized spacial score (nSPS) is 12.9. The number of carbonyl (C=O) groups excluding carboxylic acids is 1. The van der Waals surface area contributed by atoms with Crippen molar-refractivity contribution in [1.82, 2.24) is 0 Å². The van der Waals surface area contributed by atoms with Gasteiger partial charge in [0.15, 0.2) is 0 Å². The minimum atomic E-state index is -0.182. The van der Waals surface area contributed by atoms with Gasteiger partial charge in [0.2, 0.25) is 0 Å². The summed E-state index contributed by atoms with van der Waals surface area (Å²) in [6.07, 6.45) is 5.16. The third-order valence-electron chi connectivity index (χ3n) is 4.02. The van der Waals surface area contributed by atoms with Crippen LogP contribution in [0.2, 0.25) is 0 Å². The van der Waals surface area contributed by atoms with Crippen LogP contribution < -0.4 is 0 Å². The van der Waals surface area contributed by atoms with Gasteiger partial charge < -0.3 is 0 Å². The highest BCUT2D eigenvalue weighted by Crippen LogP contribution is 2.43. The quantitative estimate of drug-likeness (QED) is 0.603. The van der Waals surface area contributed by atoms with Crippen LogP contribution in [0.25, 0.3) is 0 Å². The Morgan fingerprint density at radius 2 is 1.53 bits per heavy atom. The van der Waals surface area contributed by atoms with E-state index in [2.05, 4.69) is 41.5 Å². The van der Waals surface area contributed by atoms with Crippen molar-refractivity contribution in [3.05, 3.63) is 0 Å². The second kappa shape index (κ2) is 5.67. The zero-order valence-electron chi connectivity index (χ0n) is 11.4. The second-order valence-corrected chi connectivity index (χ2v) is 5.79. The van der Waals surface area contributed by atoms with Crippen LogP contribution in [0.1, 0.15) is 73.6 Å². The molecule has 0 saturated heterocycles. The lowest BCUT2D eigenvalue weighted by atomic mass is 9.63. The Hall–Kier alpha value is -0.330. The van der Waals surface area contributed by atoms with E-state index in [1.165, 1.54) is 0 Å². The van der Waals surface area contributed by atoms with Crippen molar-refractivity contribution < 1.29 is 4.79 Å². The first-order valence-electron chi connectivity index (χ1n) is 6.33. The summed E-state index contributed by atoms with van der Waals surface area (Å²) < 4.78 is 0. The lowest BCUT2D eigenvalue weighted by molar-refractivity contribution is -0.133. The second-order valence-electron chi connectivity index (χ2n) is 5.79. The van der Waals surface area contributed by atoms with Crippen LogP contribution in [0.4, 0.5) is 0 Å². The number of ketones is 1. The molecule has 0 rings (SSSR count). The Bertz CT molecular complexity index is 201. The standard InChI is InChI=1S/C14H28O/c1-7-9-10-12(15)14(5,6)13(3,4)11-8-2/h7-11H2,1-6H3. The molecule has 0 bridgehead atoms. The molecular formula is C14H28O. The average molecular weight is 212 g/mol. The Morgan fingerprint density at radius 1 is 1.00 bits per heavy atom. The van der Waals surface area contributed by atoms with Gasteiger partial charge in [-0.25, -0.2) is 0 Å². The Balaban J connectivity index is 4.56. The third-order valence-corrected chi connectivity index (χ3v) is 4.02. The van der Waals surface area contributed by atoms with E-state index in [0.717, 1.165) is 32.1 Å². The molecule has 0 saturated carbocycles. The minimum absolute atomic E-state index is 0.118. The monoisotopic (exact) mass is 212 g/mol. The molecule has 1 heteroatoms. The van der Waals surface area contributed by atoms with Gasteiger partial charge in [-0.15, -0.1) is 0 Å². The topological polar surface area (TPSA) is 17.1 Å². The number of carbonyl (C=O) groups is 1. The molecule has 0 aromatic rings. The van der Waals surface area contributed by atoms with E-state index in [-0.39, 0.29) is 10.8 Å². The van der Waals surface area contributed by atoms with Crippen molar-refractivity contribution >= 4 is 5.78 Å². The van der Waals surface area contributed by atoms with Gasteiger partial charge >= 0.3 is 0 Å². The van der Waals surface area contributed by atoms with E-state index in [4.69, 9.17) is 0 Å². The minimum Gasteiger partial charge on any atom is -0.299 e. The maximum Gasteiger partial charge on any atom is 0.139 e. The van der Waals surface area contributed by atoms with Crippen molar-refractivity contribution in [3.63, 3.8) is 0 Å². The largest absolute Gasteiger partial charge is 0.299 e. The van der Waals surface area contributed by atoms with Crippen molar-refractivity contribution in [1.29, 1.82) is 0 Å². The maximum absolute atomic E-state index is 12.1. The fraction of sp³-hybridized carbons (Fsp3) is 0.929. The summed E-state index contributed by atoms with van der Waals surface area (Å²) in [6, 6.07) is 0. The summed E-state index contributed by atoms with van der Waals surface area (Å²) in [5.41, 5.74) is -0.0647. The molecule has 0 radical (unpaired) electrons. The summed E-state index contributed by atoms with van der Waals surface area (Å²) in [5.74, 6) is 0.433. The molecule has 0 spiro atoms. The predicted octanol–water partition coefficient (Wildman–Crippen LogP) is 4.60. The van der Waals surface area contributed by atoms with Crippen LogP contribution in [0, 0.1) is 10.8 Å². The Kier molecular flexibility index (Phi) is 5.55. The molecule has 0 atom stereocenters. The first kappa shape index (κ1) is 14.7. The van der Waals surface area contributed by atoms with Gasteiger partial charge in [-0.2, -0.15) is 0 Å². The molecule has 0 amide bonds. The van der Waals surface area contributed by atoms with Gasteiger partial charge in [-0.3, -0.25) is 4.79 Å². The molecule has 0 aliphatic rings. The van der Waals surface area contributed by atoms with E-state index in [0.29, 0.717) is 5.78 Å². The molecule has 0 aromatic heterocycles. The van der Waals surface area contributed by atoms with Crippen LogP contribution >= 0.6 is 0 Å². The number of rotatable bonds is 7. The van der Waals surface area contributed by atoms with E-state index in [1.54, 1.807) is 0 Å². The SMILES string of the molecule is CCCCC(=O)C(C)(C)C(C)(C)CCC. The van der Waals surface area contributed by atoms with Crippen molar-refractivity contribution in [2.45, 2.75) is 73.6 Å². The summed E-state index contributed by atoms with van der Waals surface area (Å²) in [5, 5.41) is 0. The van der Waals surface area contributed by atoms with Crippen molar-refractivity contribution in [3.8, 4) is 0 Å². The maximum atomic E-state index is 12.1. The third kappa shape index (κ3) is 3.62. The fourth-order valence-corrected chi connectivity index (χ4v) is 1.96. The highest BCUT2D eigenvalue weighted by molar-refractivity contribution is 5.84. The van der Waals surface area contributed by atoms with E-state index in [1.807, 2.05) is 0 Å². The van der Waals surface area contributed by atoms with Crippen LogP contribution in [0.5, 0.6) is 0 Å². The first-order valence-corrected chi connectivity index (χ1v) is 6.33. The predicted molar refractivity (Wildman–Crippen MR) is 67.0 cm³/mol. The van der Waals surface area contributed by atoms with Crippen LogP contribution in [0.3, 0.4) is 0 Å². The van der Waals surface area contributed by atoms with Gasteiger partial charge in [0, 0.05) is 11.8 Å². The highest BCUT2D eigenvalue weighted by Gasteiger charge is 2.41. The Labute approximate surface area is 95.6 Å². The number of hydrogen-bond acceptors (Lipinski definition) is 1. The summed E-state index contributed by atoms with van der Waals surface area (Å²) in [6.45, 7) is 13.0. The highest BCUT2D eigenvalue weighted by atomic mass is 16.1. The molecule has 0 aromatic carbocycles. The Morgan fingerprint density at radius 3 is 1.93 bits per heavy atom. The molecule has 0 unspecified atom stereocenters. The van der Waals surface area contributed by atoms with Gasteiger partial charge in [0.25, 0.3) is 0 Å². The molecule has 1 nitrogen and oxygen atoms in total. The lowest BCUT2D eigenvalue weighted by Crippen LogP contribution is -2.39. The average Bonchev–Trinajstić information content (AvgIpc) is 2.13. The smallest absolute Gasteiger partial charge is 0.139 e. The molecular weight excluding hydrogens is 184 g/mol. The molecule has 0 aliphatic heterocycles. The van der Waals surface area contributed by atoms with Crippen molar-refractivity contribution in [2.75, 3.05) is 0 Å². The summed E-state index contributed by atoms with van der Waals surface area (Å²) in [7, 11) is 0. The molecule has 15 heavy (non-hydrogen) atoms. The number of hydrogen-bond donors (Lipinski definition) is 0. The number of Topliss-reactive ketones (excluding diaryl/α,β-unsaturated/α-hetero) is 1. The fourth-order valence-electron chi connectivity index (χ4n) is 1.96. The zero-order valence-corrected chi connectivity index (χ0v) is 11.4. The molecule has 0 aliphatic carbocycles. The zero-order chi connectivity index (χ0) is 12.1. The van der Waals surface area contributed by atoms with E-state index >= 15 is 0 Å². The van der Waals surface area contributed by atoms with Crippen LogP contribution in [-0.4, -0.2) is 5.78 Å². The molecule has 0 heterocycles. The van der Waals surface area contributed by atoms with E-state index in [9.17, 15) is 4.79 Å². The van der Waals surface area contributed by atoms with Crippen molar-refractivity contribution in [2.24, 2.45) is 10.8 Å². The van der Waals surface area contributed by atoms with Gasteiger partial charge in [-0.1, -0.05) is 54.4 Å². The molecule has 0 N–H and O–H groups in total. The molecule has 90 valence electrons. The molecule has 0 fully saturated rings. The van der Waals surface area contributed by atoms with Gasteiger partial charge in [0.05, 0.1) is 0 Å². The summed E-state index contributed by atoms with van der Waals surface area (Å²) >= 11 is 0.